The Balaban J connectivity index is 1.60. The van der Waals surface area contributed by atoms with Gasteiger partial charge in [-0.05, 0) is 41.5 Å². The smallest absolute Gasteiger partial charge is 0.251 e. The van der Waals surface area contributed by atoms with Crippen LogP contribution in [0.3, 0.4) is 0 Å². The fourth-order valence-electron chi connectivity index (χ4n) is 2.38. The molecule has 0 spiro atoms. The number of amides is 2. The Hall–Kier alpha value is -3.54. The summed E-state index contributed by atoms with van der Waals surface area (Å²) in [6.45, 7) is 0.758. The highest BCUT2D eigenvalue weighted by atomic mass is 16.2. The van der Waals surface area contributed by atoms with Crippen LogP contribution in [0.15, 0.2) is 73.3 Å². The van der Waals surface area contributed by atoms with Gasteiger partial charge in [-0.3, -0.25) is 19.6 Å². The predicted molar refractivity (Wildman–Crippen MR) is 97.3 cm³/mol. The van der Waals surface area contributed by atoms with E-state index >= 15 is 0 Å². The van der Waals surface area contributed by atoms with Crippen LogP contribution in [-0.4, -0.2) is 21.8 Å². The molecule has 0 aliphatic heterocycles. The predicted octanol–water partition coefficient (Wildman–Crippen LogP) is 2.34. The quantitative estimate of drug-likeness (QED) is 0.717. The molecule has 0 bridgehead atoms. The summed E-state index contributed by atoms with van der Waals surface area (Å²) in [5.41, 5.74) is 2.68. The van der Waals surface area contributed by atoms with Crippen molar-refractivity contribution in [2.24, 2.45) is 0 Å². The molecule has 1 aromatic carbocycles. The molecule has 2 heterocycles. The maximum atomic E-state index is 12.3. The van der Waals surface area contributed by atoms with E-state index in [9.17, 15) is 9.59 Å². The van der Waals surface area contributed by atoms with Crippen molar-refractivity contribution >= 4 is 11.8 Å². The molecule has 0 aliphatic rings. The lowest BCUT2D eigenvalue weighted by atomic mass is 10.1. The monoisotopic (exact) mass is 346 g/mol. The first kappa shape index (κ1) is 17.3. The molecule has 0 aliphatic carbocycles. The molecule has 130 valence electrons. The van der Waals surface area contributed by atoms with Crippen LogP contribution in [0, 0.1) is 0 Å². The molecule has 3 rings (SSSR count). The topological polar surface area (TPSA) is 84.0 Å². The Kier molecular flexibility index (Phi) is 5.67. The zero-order valence-corrected chi connectivity index (χ0v) is 14.1. The lowest BCUT2D eigenvalue weighted by Crippen LogP contribution is -2.25. The first-order valence-electron chi connectivity index (χ1n) is 8.16. The van der Waals surface area contributed by atoms with E-state index in [1.54, 1.807) is 49.1 Å². The van der Waals surface area contributed by atoms with E-state index < -0.39 is 0 Å². The van der Waals surface area contributed by atoms with Gasteiger partial charge in [0.25, 0.3) is 11.8 Å². The summed E-state index contributed by atoms with van der Waals surface area (Å²) in [6.07, 6.45) is 6.75. The molecule has 6 nitrogen and oxygen atoms in total. The number of rotatable bonds is 6. The van der Waals surface area contributed by atoms with Crippen molar-refractivity contribution in [3.8, 4) is 0 Å². The molecule has 2 aromatic heterocycles. The third kappa shape index (κ3) is 4.73. The Morgan fingerprint density at radius 3 is 1.65 bits per heavy atom. The van der Waals surface area contributed by atoms with E-state index in [4.69, 9.17) is 0 Å². The first-order valence-corrected chi connectivity index (χ1v) is 8.16. The lowest BCUT2D eigenvalue weighted by molar-refractivity contribution is 0.0950. The average Bonchev–Trinajstić information content (AvgIpc) is 2.72. The van der Waals surface area contributed by atoms with Gasteiger partial charge < -0.3 is 10.6 Å². The van der Waals surface area contributed by atoms with Crippen molar-refractivity contribution in [3.05, 3.63) is 95.6 Å². The highest BCUT2D eigenvalue weighted by molar-refractivity contribution is 5.99. The maximum Gasteiger partial charge on any atom is 0.251 e. The van der Waals surface area contributed by atoms with Gasteiger partial charge in [-0.25, -0.2) is 0 Å². The van der Waals surface area contributed by atoms with Gasteiger partial charge in [-0.1, -0.05) is 18.2 Å². The van der Waals surface area contributed by atoms with Crippen LogP contribution in [0.1, 0.15) is 31.8 Å². The zero-order chi connectivity index (χ0) is 18.2. The minimum atomic E-state index is -0.240. The Morgan fingerprint density at radius 2 is 1.23 bits per heavy atom. The first-order chi connectivity index (χ1) is 12.7. The summed E-state index contributed by atoms with van der Waals surface area (Å²) in [5, 5.41) is 5.64. The summed E-state index contributed by atoms with van der Waals surface area (Å²) in [5.74, 6) is -0.480. The van der Waals surface area contributed by atoms with Gasteiger partial charge in [0, 0.05) is 49.0 Å². The van der Waals surface area contributed by atoms with Crippen LogP contribution in [0.4, 0.5) is 0 Å². The summed E-state index contributed by atoms with van der Waals surface area (Å²) in [6, 6.07) is 14.0. The summed E-state index contributed by atoms with van der Waals surface area (Å²) >= 11 is 0. The summed E-state index contributed by atoms with van der Waals surface area (Å²) in [4.78, 5) is 32.6. The number of pyridine rings is 2. The van der Waals surface area contributed by atoms with Crippen molar-refractivity contribution < 1.29 is 9.59 Å². The Morgan fingerprint density at radius 1 is 0.731 bits per heavy atom. The SMILES string of the molecule is O=C(NCc1cccnc1)c1cccc(C(=O)NCc2cccnc2)c1. The van der Waals surface area contributed by atoms with Crippen molar-refractivity contribution in [2.75, 3.05) is 0 Å². The van der Waals surface area contributed by atoms with Crippen LogP contribution in [0.25, 0.3) is 0 Å². The fraction of sp³-hybridized carbons (Fsp3) is 0.100. The highest BCUT2D eigenvalue weighted by Crippen LogP contribution is 2.07. The van der Waals surface area contributed by atoms with Gasteiger partial charge in [0.05, 0.1) is 0 Å². The number of hydrogen-bond acceptors (Lipinski definition) is 4. The average molecular weight is 346 g/mol. The van der Waals surface area contributed by atoms with E-state index in [0.717, 1.165) is 11.1 Å². The molecule has 3 aromatic rings. The number of aromatic nitrogens is 2. The standard InChI is InChI=1S/C20H18N4O2/c25-19(23-13-15-4-2-8-21-11-15)17-6-1-7-18(10-17)20(26)24-14-16-5-3-9-22-12-16/h1-12H,13-14H2,(H,23,25)(H,24,26). The van der Waals surface area contributed by atoms with E-state index in [1.165, 1.54) is 0 Å². The number of hydrogen-bond donors (Lipinski definition) is 2. The summed E-state index contributed by atoms with van der Waals surface area (Å²) < 4.78 is 0. The number of nitrogens with zero attached hydrogens (tertiary/aromatic N) is 2. The number of nitrogens with one attached hydrogen (secondary N) is 2. The minimum absolute atomic E-state index is 0.240. The second-order valence-electron chi connectivity index (χ2n) is 5.67. The molecule has 0 saturated heterocycles. The molecule has 2 amide bonds. The Bertz CT molecular complexity index is 812. The van der Waals surface area contributed by atoms with Gasteiger partial charge >= 0.3 is 0 Å². The van der Waals surface area contributed by atoms with Crippen LogP contribution >= 0.6 is 0 Å². The number of carbonyl (C=O) groups excluding carboxylic acids is 2. The molecule has 0 unspecified atom stereocenters. The van der Waals surface area contributed by atoms with Crippen LogP contribution in [0.5, 0.6) is 0 Å². The van der Waals surface area contributed by atoms with E-state index in [2.05, 4.69) is 20.6 Å². The minimum Gasteiger partial charge on any atom is -0.348 e. The summed E-state index contributed by atoms with van der Waals surface area (Å²) in [7, 11) is 0. The largest absolute Gasteiger partial charge is 0.348 e. The fourth-order valence-corrected chi connectivity index (χ4v) is 2.38. The van der Waals surface area contributed by atoms with E-state index in [-0.39, 0.29) is 11.8 Å². The zero-order valence-electron chi connectivity index (χ0n) is 14.1. The molecule has 0 saturated carbocycles. The van der Waals surface area contributed by atoms with E-state index in [1.807, 2.05) is 24.3 Å². The second kappa shape index (κ2) is 8.53. The van der Waals surface area contributed by atoms with Gasteiger partial charge in [-0.15, -0.1) is 0 Å². The van der Waals surface area contributed by atoms with Gasteiger partial charge in [0.2, 0.25) is 0 Å². The third-order valence-corrected chi connectivity index (χ3v) is 3.74. The molecular weight excluding hydrogens is 328 g/mol. The van der Waals surface area contributed by atoms with Gasteiger partial charge in [0.15, 0.2) is 0 Å². The van der Waals surface area contributed by atoms with Crippen molar-refractivity contribution in [1.82, 2.24) is 20.6 Å². The Labute approximate surface area is 151 Å². The molecule has 0 radical (unpaired) electrons. The molecule has 2 N–H and O–H groups in total. The van der Waals surface area contributed by atoms with Crippen LogP contribution < -0.4 is 10.6 Å². The molecule has 0 atom stereocenters. The molecule has 26 heavy (non-hydrogen) atoms. The number of benzene rings is 1. The van der Waals surface area contributed by atoms with Gasteiger partial charge in [0.1, 0.15) is 0 Å². The molecule has 6 heteroatoms. The molecular formula is C20H18N4O2. The second-order valence-corrected chi connectivity index (χ2v) is 5.67. The van der Waals surface area contributed by atoms with Crippen molar-refractivity contribution in [1.29, 1.82) is 0 Å². The maximum absolute atomic E-state index is 12.3. The highest BCUT2D eigenvalue weighted by Gasteiger charge is 2.10. The van der Waals surface area contributed by atoms with Gasteiger partial charge in [-0.2, -0.15) is 0 Å². The number of carbonyl (C=O) groups is 2. The van der Waals surface area contributed by atoms with Crippen molar-refractivity contribution in [2.45, 2.75) is 13.1 Å². The van der Waals surface area contributed by atoms with Crippen molar-refractivity contribution in [3.63, 3.8) is 0 Å². The molecule has 0 fully saturated rings. The third-order valence-electron chi connectivity index (χ3n) is 3.74. The van der Waals surface area contributed by atoms with E-state index in [0.29, 0.717) is 24.2 Å². The lowest BCUT2D eigenvalue weighted by Gasteiger charge is -2.08. The van der Waals surface area contributed by atoms with Crippen LogP contribution in [0.2, 0.25) is 0 Å². The van der Waals surface area contributed by atoms with Crippen LogP contribution in [-0.2, 0) is 13.1 Å². The normalized spacial score (nSPS) is 10.2.